The van der Waals surface area contributed by atoms with Gasteiger partial charge in [0.15, 0.2) is 5.88 Å². The molecule has 78 valence electrons. The summed E-state index contributed by atoms with van der Waals surface area (Å²) in [6.45, 7) is 3.67. The van der Waals surface area contributed by atoms with Gasteiger partial charge in [-0.25, -0.2) is 0 Å². The van der Waals surface area contributed by atoms with Gasteiger partial charge in [-0.3, -0.25) is 9.36 Å². The summed E-state index contributed by atoms with van der Waals surface area (Å²) >= 11 is 0. The maximum Gasteiger partial charge on any atom is 0.256 e. The lowest BCUT2D eigenvalue weighted by atomic mass is 10.1. The molecule has 0 fully saturated rings. The molecule has 1 aromatic rings. The maximum absolute atomic E-state index is 11.7. The third-order valence-corrected chi connectivity index (χ3v) is 2.28. The zero-order chi connectivity index (χ0) is 10.7. The Morgan fingerprint density at radius 1 is 1.50 bits per heavy atom. The summed E-state index contributed by atoms with van der Waals surface area (Å²) in [5, 5.41) is 18.2. The van der Waals surface area contributed by atoms with Crippen LogP contribution in [0.4, 0.5) is 0 Å². The minimum Gasteiger partial charge on any atom is -0.494 e. The zero-order valence-electron chi connectivity index (χ0n) is 8.45. The first-order chi connectivity index (χ1) is 6.61. The normalized spacial score (nSPS) is 10.5. The van der Waals surface area contributed by atoms with Gasteiger partial charge in [-0.05, 0) is 18.9 Å². The molecule has 0 spiro atoms. The first-order valence-corrected chi connectivity index (χ1v) is 4.65. The number of aliphatic hydroxyl groups is 1. The minimum atomic E-state index is -0.209. The van der Waals surface area contributed by atoms with Crippen molar-refractivity contribution >= 4 is 0 Å². The SMILES string of the molecule is CCc1c(C)cc(O)n(CCO)c1=O. The average Bonchev–Trinajstić information content (AvgIpc) is 2.12. The van der Waals surface area contributed by atoms with Crippen molar-refractivity contribution in [3.63, 3.8) is 0 Å². The summed E-state index contributed by atoms with van der Waals surface area (Å²) in [6.07, 6.45) is 0.635. The molecule has 0 aromatic carbocycles. The van der Waals surface area contributed by atoms with Crippen LogP contribution < -0.4 is 5.56 Å². The Bertz CT molecular complexity index is 382. The highest BCUT2D eigenvalue weighted by atomic mass is 16.3. The number of aryl methyl sites for hydroxylation is 1. The predicted molar refractivity (Wildman–Crippen MR) is 53.6 cm³/mol. The maximum atomic E-state index is 11.7. The highest BCUT2D eigenvalue weighted by Gasteiger charge is 2.09. The minimum absolute atomic E-state index is 0.0845. The molecule has 0 amide bonds. The summed E-state index contributed by atoms with van der Waals surface area (Å²) in [5.41, 5.74) is 1.28. The van der Waals surface area contributed by atoms with Crippen molar-refractivity contribution in [3.8, 4) is 5.88 Å². The molecule has 1 aromatic heterocycles. The van der Waals surface area contributed by atoms with Crippen LogP contribution in [0.15, 0.2) is 10.9 Å². The summed E-state index contributed by atoms with van der Waals surface area (Å²) in [5.74, 6) is -0.0845. The Hall–Kier alpha value is -1.29. The van der Waals surface area contributed by atoms with E-state index < -0.39 is 0 Å². The van der Waals surface area contributed by atoms with Crippen molar-refractivity contribution < 1.29 is 10.2 Å². The predicted octanol–water partition coefficient (Wildman–Crippen LogP) is 0.417. The van der Waals surface area contributed by atoms with Gasteiger partial charge in [0.2, 0.25) is 0 Å². The van der Waals surface area contributed by atoms with Gasteiger partial charge in [0, 0.05) is 11.6 Å². The van der Waals surface area contributed by atoms with Crippen LogP contribution >= 0.6 is 0 Å². The molecule has 0 aliphatic carbocycles. The second-order valence-electron chi connectivity index (χ2n) is 3.20. The lowest BCUT2D eigenvalue weighted by molar-refractivity contribution is 0.263. The molecule has 0 radical (unpaired) electrons. The third kappa shape index (κ3) is 1.80. The molecule has 14 heavy (non-hydrogen) atoms. The number of hydrogen-bond donors (Lipinski definition) is 2. The summed E-state index contributed by atoms with van der Waals surface area (Å²) in [4.78, 5) is 11.7. The molecule has 0 unspecified atom stereocenters. The van der Waals surface area contributed by atoms with Crippen molar-refractivity contribution in [2.45, 2.75) is 26.8 Å². The average molecular weight is 197 g/mol. The summed E-state index contributed by atoms with van der Waals surface area (Å²) < 4.78 is 1.19. The molecule has 0 aliphatic heterocycles. The molecular weight excluding hydrogens is 182 g/mol. The first kappa shape index (κ1) is 10.8. The quantitative estimate of drug-likeness (QED) is 0.738. The van der Waals surface area contributed by atoms with Crippen LogP contribution in [0.5, 0.6) is 5.88 Å². The van der Waals surface area contributed by atoms with Crippen LogP contribution in [0.2, 0.25) is 0 Å². The van der Waals surface area contributed by atoms with E-state index in [1.807, 2.05) is 6.92 Å². The molecule has 0 atom stereocenters. The monoisotopic (exact) mass is 197 g/mol. The lowest BCUT2D eigenvalue weighted by Gasteiger charge is -2.10. The molecule has 4 nitrogen and oxygen atoms in total. The van der Waals surface area contributed by atoms with Crippen LogP contribution in [-0.4, -0.2) is 21.4 Å². The van der Waals surface area contributed by atoms with E-state index in [1.54, 1.807) is 13.0 Å². The molecule has 2 N–H and O–H groups in total. The number of aliphatic hydroxyl groups excluding tert-OH is 1. The molecule has 0 saturated heterocycles. The van der Waals surface area contributed by atoms with Crippen LogP contribution in [0.1, 0.15) is 18.1 Å². The highest BCUT2D eigenvalue weighted by molar-refractivity contribution is 5.28. The molecule has 4 heteroatoms. The van der Waals surface area contributed by atoms with Crippen molar-refractivity contribution in [2.75, 3.05) is 6.61 Å². The third-order valence-electron chi connectivity index (χ3n) is 2.28. The standard InChI is InChI=1S/C10H15NO3/c1-3-8-7(2)6-9(13)11(4-5-12)10(8)14/h6,12-13H,3-5H2,1-2H3. The molecule has 0 saturated carbocycles. The molecule has 0 aliphatic rings. The Morgan fingerprint density at radius 2 is 2.14 bits per heavy atom. The van der Waals surface area contributed by atoms with Gasteiger partial charge in [-0.15, -0.1) is 0 Å². The van der Waals surface area contributed by atoms with Gasteiger partial charge in [-0.2, -0.15) is 0 Å². The fourth-order valence-corrected chi connectivity index (χ4v) is 1.54. The number of nitrogens with zero attached hydrogens (tertiary/aromatic N) is 1. The Morgan fingerprint density at radius 3 is 2.64 bits per heavy atom. The zero-order valence-corrected chi connectivity index (χ0v) is 8.45. The Labute approximate surface area is 82.4 Å². The van der Waals surface area contributed by atoms with Crippen LogP contribution in [-0.2, 0) is 13.0 Å². The van der Waals surface area contributed by atoms with Gasteiger partial charge in [0.05, 0.1) is 13.2 Å². The van der Waals surface area contributed by atoms with E-state index in [-0.39, 0.29) is 24.6 Å². The topological polar surface area (TPSA) is 62.5 Å². The second-order valence-corrected chi connectivity index (χ2v) is 3.20. The first-order valence-electron chi connectivity index (χ1n) is 4.65. The van der Waals surface area contributed by atoms with E-state index in [1.165, 1.54) is 4.57 Å². The molecule has 1 heterocycles. The second kappa shape index (κ2) is 4.28. The van der Waals surface area contributed by atoms with E-state index in [4.69, 9.17) is 5.11 Å². The van der Waals surface area contributed by atoms with Gasteiger partial charge in [0.25, 0.3) is 5.56 Å². The number of pyridine rings is 1. The Kier molecular flexibility index (Phi) is 3.30. The number of aromatic nitrogens is 1. The van der Waals surface area contributed by atoms with Crippen LogP contribution in [0.3, 0.4) is 0 Å². The Balaban J connectivity index is 3.36. The lowest BCUT2D eigenvalue weighted by Crippen LogP contribution is -2.25. The van der Waals surface area contributed by atoms with Crippen molar-refractivity contribution in [1.29, 1.82) is 0 Å². The fraction of sp³-hybridized carbons (Fsp3) is 0.500. The number of rotatable bonds is 3. The number of hydrogen-bond acceptors (Lipinski definition) is 3. The van der Waals surface area contributed by atoms with Gasteiger partial charge >= 0.3 is 0 Å². The van der Waals surface area contributed by atoms with Gasteiger partial charge in [-0.1, -0.05) is 6.92 Å². The van der Waals surface area contributed by atoms with Crippen molar-refractivity contribution in [3.05, 3.63) is 27.5 Å². The van der Waals surface area contributed by atoms with E-state index in [9.17, 15) is 9.90 Å². The van der Waals surface area contributed by atoms with Crippen LogP contribution in [0, 0.1) is 6.92 Å². The van der Waals surface area contributed by atoms with E-state index in [2.05, 4.69) is 0 Å². The highest BCUT2D eigenvalue weighted by Crippen LogP contribution is 2.12. The summed E-state index contributed by atoms with van der Waals surface area (Å²) in [7, 11) is 0. The number of aromatic hydroxyl groups is 1. The van der Waals surface area contributed by atoms with Crippen LogP contribution in [0.25, 0.3) is 0 Å². The molecule has 0 bridgehead atoms. The smallest absolute Gasteiger partial charge is 0.256 e. The molecular formula is C10H15NO3. The van der Waals surface area contributed by atoms with Gasteiger partial charge in [0.1, 0.15) is 0 Å². The van der Waals surface area contributed by atoms with Crippen molar-refractivity contribution in [2.24, 2.45) is 0 Å². The van der Waals surface area contributed by atoms with Gasteiger partial charge < -0.3 is 10.2 Å². The van der Waals surface area contributed by atoms with Crippen molar-refractivity contribution in [1.82, 2.24) is 4.57 Å². The van der Waals surface area contributed by atoms with E-state index in [0.29, 0.717) is 12.0 Å². The fourth-order valence-electron chi connectivity index (χ4n) is 1.54. The summed E-state index contributed by atoms with van der Waals surface area (Å²) in [6, 6.07) is 1.55. The molecule has 1 rings (SSSR count). The largest absolute Gasteiger partial charge is 0.494 e. The van der Waals surface area contributed by atoms with E-state index >= 15 is 0 Å². The van der Waals surface area contributed by atoms with E-state index in [0.717, 1.165) is 5.56 Å².